The molecule has 23 heavy (non-hydrogen) atoms. The molecule has 1 aliphatic heterocycles. The van der Waals surface area contributed by atoms with E-state index in [1.54, 1.807) is 6.07 Å². The maximum absolute atomic E-state index is 12.0. The van der Waals surface area contributed by atoms with E-state index in [1.807, 2.05) is 4.90 Å². The van der Waals surface area contributed by atoms with Crippen LogP contribution in [0.15, 0.2) is 18.2 Å². The van der Waals surface area contributed by atoms with Crippen molar-refractivity contribution in [3.05, 3.63) is 23.8 Å². The zero-order valence-electron chi connectivity index (χ0n) is 13.5. The van der Waals surface area contributed by atoms with Crippen LogP contribution < -0.4 is 10.1 Å². The minimum atomic E-state index is -0.327. The average Bonchev–Trinajstić information content (AvgIpc) is 2.75. The molecule has 1 aliphatic rings. The van der Waals surface area contributed by atoms with Gasteiger partial charge in [-0.3, -0.25) is 9.59 Å². The minimum absolute atomic E-state index is 0.107. The molecule has 6 nitrogen and oxygen atoms in total. The Morgan fingerprint density at radius 2 is 2.17 bits per heavy atom. The molecule has 2 amide bonds. The van der Waals surface area contributed by atoms with Crippen LogP contribution in [0.3, 0.4) is 0 Å². The number of hydrogen-bond acceptors (Lipinski definition) is 4. The molecule has 0 unspecified atom stereocenters. The highest BCUT2D eigenvalue weighted by Crippen LogP contribution is 2.23. The normalized spacial score (nSPS) is 15.2. The Morgan fingerprint density at radius 1 is 1.35 bits per heavy atom. The standard InChI is InChI=1S/C17H24N2O4/c1-23-13-7-8-14(15(20)12-13)17(22)18-9-5-11-19-10-4-2-3-6-16(19)21/h7-8,12,20H,2-6,9-11H2,1H3,(H,18,22). The van der Waals surface area contributed by atoms with E-state index in [9.17, 15) is 14.7 Å². The molecule has 2 rings (SSSR count). The minimum Gasteiger partial charge on any atom is -0.507 e. The van der Waals surface area contributed by atoms with E-state index in [0.29, 0.717) is 31.7 Å². The van der Waals surface area contributed by atoms with Gasteiger partial charge in [0.05, 0.1) is 12.7 Å². The Bertz CT molecular complexity index is 560. The predicted octanol–water partition coefficient (Wildman–Crippen LogP) is 1.92. The van der Waals surface area contributed by atoms with Crippen LogP contribution in [-0.2, 0) is 4.79 Å². The Balaban J connectivity index is 1.77. The second-order valence-electron chi connectivity index (χ2n) is 5.68. The average molecular weight is 320 g/mol. The van der Waals surface area contributed by atoms with Crippen molar-refractivity contribution in [3.63, 3.8) is 0 Å². The van der Waals surface area contributed by atoms with Gasteiger partial charge in [-0.15, -0.1) is 0 Å². The molecule has 0 bridgehead atoms. The van der Waals surface area contributed by atoms with Crippen molar-refractivity contribution >= 4 is 11.8 Å². The lowest BCUT2D eigenvalue weighted by molar-refractivity contribution is -0.130. The van der Waals surface area contributed by atoms with Gasteiger partial charge in [0, 0.05) is 32.1 Å². The van der Waals surface area contributed by atoms with Gasteiger partial charge in [0.25, 0.3) is 5.91 Å². The fourth-order valence-electron chi connectivity index (χ4n) is 2.67. The molecule has 1 fully saturated rings. The van der Waals surface area contributed by atoms with Gasteiger partial charge in [-0.25, -0.2) is 0 Å². The van der Waals surface area contributed by atoms with Crippen LogP contribution in [-0.4, -0.2) is 48.6 Å². The molecule has 1 aromatic rings. The van der Waals surface area contributed by atoms with Crippen molar-refractivity contribution in [2.75, 3.05) is 26.7 Å². The van der Waals surface area contributed by atoms with E-state index in [2.05, 4.69) is 5.32 Å². The summed E-state index contributed by atoms with van der Waals surface area (Å²) in [6, 6.07) is 4.57. The Morgan fingerprint density at radius 3 is 2.91 bits per heavy atom. The number of hydrogen-bond donors (Lipinski definition) is 2. The third-order valence-corrected chi connectivity index (χ3v) is 4.01. The Hall–Kier alpha value is -2.24. The van der Waals surface area contributed by atoms with Crippen molar-refractivity contribution in [3.8, 4) is 11.5 Å². The molecule has 0 aliphatic carbocycles. The van der Waals surface area contributed by atoms with Gasteiger partial charge in [0.15, 0.2) is 0 Å². The second kappa shape index (κ2) is 8.41. The lowest BCUT2D eigenvalue weighted by Crippen LogP contribution is -2.34. The fourth-order valence-corrected chi connectivity index (χ4v) is 2.67. The number of phenolic OH excluding ortho intramolecular Hbond substituents is 1. The van der Waals surface area contributed by atoms with Gasteiger partial charge in [0.2, 0.25) is 5.91 Å². The fraction of sp³-hybridized carbons (Fsp3) is 0.529. The number of phenols is 1. The van der Waals surface area contributed by atoms with Crippen LogP contribution in [0.25, 0.3) is 0 Å². The molecular formula is C17H24N2O4. The number of carbonyl (C=O) groups is 2. The number of ether oxygens (including phenoxy) is 1. The molecular weight excluding hydrogens is 296 g/mol. The molecule has 1 saturated heterocycles. The van der Waals surface area contributed by atoms with Crippen molar-refractivity contribution in [2.24, 2.45) is 0 Å². The highest BCUT2D eigenvalue weighted by molar-refractivity contribution is 5.96. The molecule has 0 radical (unpaired) electrons. The van der Waals surface area contributed by atoms with E-state index in [4.69, 9.17) is 4.74 Å². The van der Waals surface area contributed by atoms with Crippen LogP contribution in [0.2, 0.25) is 0 Å². The summed E-state index contributed by atoms with van der Waals surface area (Å²) in [6.07, 6.45) is 4.47. The molecule has 0 aromatic heterocycles. The number of likely N-dealkylation sites (tertiary alicyclic amines) is 1. The van der Waals surface area contributed by atoms with Crippen LogP contribution >= 0.6 is 0 Å². The molecule has 0 spiro atoms. The van der Waals surface area contributed by atoms with Gasteiger partial charge < -0.3 is 20.1 Å². The van der Waals surface area contributed by atoms with E-state index < -0.39 is 0 Å². The summed E-state index contributed by atoms with van der Waals surface area (Å²) in [6.45, 7) is 1.94. The number of nitrogens with zero attached hydrogens (tertiary/aromatic N) is 1. The molecule has 1 heterocycles. The zero-order valence-corrected chi connectivity index (χ0v) is 13.5. The Kier molecular flexibility index (Phi) is 6.26. The number of benzene rings is 1. The summed E-state index contributed by atoms with van der Waals surface area (Å²) >= 11 is 0. The monoisotopic (exact) mass is 320 g/mol. The SMILES string of the molecule is COc1ccc(C(=O)NCCCN2CCCCCC2=O)c(O)c1. The first-order chi connectivity index (χ1) is 11.1. The van der Waals surface area contributed by atoms with Crippen molar-refractivity contribution in [1.29, 1.82) is 0 Å². The highest BCUT2D eigenvalue weighted by Gasteiger charge is 2.16. The summed E-state index contributed by atoms with van der Waals surface area (Å²) in [5.41, 5.74) is 0.219. The second-order valence-corrected chi connectivity index (χ2v) is 5.68. The number of amides is 2. The maximum Gasteiger partial charge on any atom is 0.255 e. The first-order valence-electron chi connectivity index (χ1n) is 8.05. The Labute approximate surface area is 136 Å². The van der Waals surface area contributed by atoms with E-state index >= 15 is 0 Å². The number of carbonyl (C=O) groups excluding carboxylic acids is 2. The molecule has 1 aromatic carbocycles. The van der Waals surface area contributed by atoms with Crippen LogP contribution in [0, 0.1) is 0 Å². The summed E-state index contributed by atoms with van der Waals surface area (Å²) in [5, 5.41) is 12.6. The van der Waals surface area contributed by atoms with Gasteiger partial charge >= 0.3 is 0 Å². The number of nitrogens with one attached hydrogen (secondary N) is 1. The van der Waals surface area contributed by atoms with E-state index in [1.165, 1.54) is 19.2 Å². The number of rotatable bonds is 6. The summed E-state index contributed by atoms with van der Waals surface area (Å²) in [4.78, 5) is 25.8. The van der Waals surface area contributed by atoms with Crippen molar-refractivity contribution in [1.82, 2.24) is 10.2 Å². The van der Waals surface area contributed by atoms with E-state index in [-0.39, 0.29) is 23.1 Å². The van der Waals surface area contributed by atoms with Crippen LogP contribution in [0.4, 0.5) is 0 Å². The lowest BCUT2D eigenvalue weighted by Gasteiger charge is -2.20. The summed E-state index contributed by atoms with van der Waals surface area (Å²) in [5.74, 6) is 0.275. The summed E-state index contributed by atoms with van der Waals surface area (Å²) < 4.78 is 4.99. The third kappa shape index (κ3) is 4.87. The molecule has 2 N–H and O–H groups in total. The largest absolute Gasteiger partial charge is 0.507 e. The van der Waals surface area contributed by atoms with Gasteiger partial charge in [-0.2, -0.15) is 0 Å². The highest BCUT2D eigenvalue weighted by atomic mass is 16.5. The number of aromatic hydroxyl groups is 1. The first kappa shape index (κ1) is 17.1. The van der Waals surface area contributed by atoms with Crippen molar-refractivity contribution < 1.29 is 19.4 Å². The van der Waals surface area contributed by atoms with Gasteiger partial charge in [-0.1, -0.05) is 6.42 Å². The molecule has 6 heteroatoms. The predicted molar refractivity (Wildman–Crippen MR) is 86.7 cm³/mol. The third-order valence-electron chi connectivity index (χ3n) is 4.01. The zero-order chi connectivity index (χ0) is 16.7. The molecule has 0 atom stereocenters. The quantitative estimate of drug-likeness (QED) is 0.785. The van der Waals surface area contributed by atoms with E-state index in [0.717, 1.165) is 25.8 Å². The molecule has 0 saturated carbocycles. The van der Waals surface area contributed by atoms with Crippen LogP contribution in [0.1, 0.15) is 42.5 Å². The first-order valence-corrected chi connectivity index (χ1v) is 8.05. The summed E-state index contributed by atoms with van der Waals surface area (Å²) in [7, 11) is 1.50. The molecule has 126 valence electrons. The lowest BCUT2D eigenvalue weighted by atomic mass is 10.1. The van der Waals surface area contributed by atoms with Gasteiger partial charge in [-0.05, 0) is 31.4 Å². The van der Waals surface area contributed by atoms with Gasteiger partial charge in [0.1, 0.15) is 11.5 Å². The topological polar surface area (TPSA) is 78.9 Å². The van der Waals surface area contributed by atoms with Crippen LogP contribution in [0.5, 0.6) is 11.5 Å². The number of methoxy groups -OCH3 is 1. The van der Waals surface area contributed by atoms with Crippen molar-refractivity contribution in [2.45, 2.75) is 32.1 Å². The smallest absolute Gasteiger partial charge is 0.255 e. The maximum atomic E-state index is 12.0.